The van der Waals surface area contributed by atoms with E-state index in [4.69, 9.17) is 0 Å². The summed E-state index contributed by atoms with van der Waals surface area (Å²) < 4.78 is 0. The second kappa shape index (κ2) is 17.6. The van der Waals surface area contributed by atoms with Crippen LogP contribution in [0.1, 0.15) is 150 Å². The van der Waals surface area contributed by atoms with E-state index in [9.17, 15) is 19.5 Å². The number of rotatable bonds is 13. The molecule has 8 unspecified atom stereocenters. The molecule has 4 fully saturated rings. The van der Waals surface area contributed by atoms with Crippen LogP contribution in [0.4, 0.5) is 0 Å². The van der Waals surface area contributed by atoms with Gasteiger partial charge in [0.15, 0.2) is 0 Å². The Hall–Kier alpha value is -4.04. The van der Waals surface area contributed by atoms with Crippen LogP contribution in [0, 0.1) is 50.7 Å². The molecule has 4 saturated carbocycles. The summed E-state index contributed by atoms with van der Waals surface area (Å²) in [5.74, 6) is 2.01. The largest absolute Gasteiger partial charge is 0.393 e. The number of pyridine rings is 1. The average Bonchev–Trinajstić information content (AvgIpc) is 3.25. The maximum absolute atomic E-state index is 14.5. The first-order valence-electron chi connectivity index (χ1n) is 23.6. The summed E-state index contributed by atoms with van der Waals surface area (Å²) in [5.41, 5.74) is 4.31. The standard InChI is InChI=1S/C53H74N4O4/c1-9-26-53(30-29-51(6)42(36(53)2)20-21-44-50(5)27-23-45(58)49(3,4)43(50)22-28-52(44,51)7)48(61)55-32-24-37-13-12-14-40(34-37)46(59)56-35-38-16-18-39(19-17-38)47(60)57(8)33-25-41-15-10-11-31-54-41/h10-19,31,34,36,42-45,58H,9,20-30,32-33,35H2,1-8H3,(H,55,61)(H,56,59)/t36?,42?,43?,44?,45?,50?,51-,52?,53?/m1/s1. The van der Waals surface area contributed by atoms with E-state index in [-0.39, 0.29) is 50.9 Å². The molecule has 0 saturated heterocycles. The first kappa shape index (κ1) is 45.0. The minimum absolute atomic E-state index is 0.0496. The molecular formula is C53H74N4O4. The minimum Gasteiger partial charge on any atom is -0.393 e. The Bertz CT molecular complexity index is 2030. The van der Waals surface area contributed by atoms with Gasteiger partial charge < -0.3 is 20.6 Å². The maximum atomic E-state index is 14.5. The lowest BCUT2D eigenvalue weighted by molar-refractivity contribution is -0.246. The van der Waals surface area contributed by atoms with Crippen molar-refractivity contribution in [2.45, 2.75) is 138 Å². The second-order valence-electron chi connectivity index (χ2n) is 21.1. The molecule has 3 amide bonds. The van der Waals surface area contributed by atoms with E-state index in [1.807, 2.05) is 66.7 Å². The second-order valence-corrected chi connectivity index (χ2v) is 21.1. The molecule has 8 heteroatoms. The average molecular weight is 831 g/mol. The van der Waals surface area contributed by atoms with Crippen molar-refractivity contribution in [3.63, 3.8) is 0 Å². The van der Waals surface area contributed by atoms with Gasteiger partial charge >= 0.3 is 0 Å². The van der Waals surface area contributed by atoms with E-state index in [2.05, 4.69) is 64.1 Å². The normalized spacial score (nSPS) is 32.7. The van der Waals surface area contributed by atoms with Crippen molar-refractivity contribution in [2.75, 3.05) is 20.1 Å². The van der Waals surface area contributed by atoms with Crippen LogP contribution in [0.3, 0.4) is 0 Å². The molecule has 4 aliphatic carbocycles. The summed E-state index contributed by atoms with van der Waals surface area (Å²) in [4.78, 5) is 46.9. The molecule has 9 atom stereocenters. The molecule has 0 aliphatic heterocycles. The summed E-state index contributed by atoms with van der Waals surface area (Å²) in [7, 11) is 1.80. The van der Waals surface area contributed by atoms with E-state index in [1.54, 1.807) is 18.1 Å². The Labute approximate surface area is 366 Å². The van der Waals surface area contributed by atoms with E-state index < -0.39 is 0 Å². The predicted molar refractivity (Wildman–Crippen MR) is 244 cm³/mol. The van der Waals surface area contributed by atoms with Gasteiger partial charge in [-0.2, -0.15) is 0 Å². The number of hydrogen-bond donors (Lipinski definition) is 3. The number of carbonyl (C=O) groups is 3. The Balaban J connectivity index is 0.929. The molecular weight excluding hydrogens is 757 g/mol. The van der Waals surface area contributed by atoms with Crippen LogP contribution in [0.2, 0.25) is 0 Å². The van der Waals surface area contributed by atoms with Crippen molar-refractivity contribution in [3.8, 4) is 0 Å². The number of nitrogens with one attached hydrogen (secondary N) is 2. The number of fused-ring (bicyclic) bond motifs is 5. The SMILES string of the molecule is CCCC1(C(=O)NCCc2cccc(C(=O)NCc3ccc(C(=O)N(C)CCc4ccccn4)cc3)c2)CC[C@]2(C)C(CCC3C4(C)CCC(O)C(C)(C)C4CCC32C)C1C. The highest BCUT2D eigenvalue weighted by molar-refractivity contribution is 5.95. The summed E-state index contributed by atoms with van der Waals surface area (Å²) in [5, 5.41) is 17.6. The number of nitrogens with zero attached hydrogens (tertiary/aromatic N) is 2. The van der Waals surface area contributed by atoms with Crippen LogP contribution in [-0.2, 0) is 24.2 Å². The van der Waals surface area contributed by atoms with Crippen LogP contribution in [0.15, 0.2) is 72.9 Å². The number of benzene rings is 2. The number of aliphatic hydroxyl groups is 1. The lowest BCUT2D eigenvalue weighted by Gasteiger charge is -2.72. The van der Waals surface area contributed by atoms with Crippen molar-refractivity contribution in [1.82, 2.24) is 20.5 Å². The van der Waals surface area contributed by atoms with Crippen molar-refractivity contribution in [1.29, 1.82) is 0 Å². The van der Waals surface area contributed by atoms with Gasteiger partial charge in [-0.15, -0.1) is 0 Å². The zero-order chi connectivity index (χ0) is 43.8. The zero-order valence-electron chi connectivity index (χ0n) is 38.5. The third-order valence-electron chi connectivity index (χ3n) is 17.9. The van der Waals surface area contributed by atoms with Gasteiger partial charge in [0, 0.05) is 56.1 Å². The van der Waals surface area contributed by atoms with Crippen LogP contribution in [0.25, 0.3) is 0 Å². The Morgan fingerprint density at radius 3 is 2.28 bits per heavy atom. The van der Waals surface area contributed by atoms with Crippen molar-refractivity contribution in [3.05, 3.63) is 101 Å². The highest BCUT2D eigenvalue weighted by atomic mass is 16.3. The van der Waals surface area contributed by atoms with Crippen LogP contribution in [0.5, 0.6) is 0 Å². The molecule has 3 aromatic rings. The summed E-state index contributed by atoms with van der Waals surface area (Å²) >= 11 is 0. The van der Waals surface area contributed by atoms with E-state index in [0.29, 0.717) is 67.3 Å². The monoisotopic (exact) mass is 831 g/mol. The number of likely N-dealkylation sites (N-methyl/N-ethyl adjacent to an activating group) is 1. The lowest BCUT2D eigenvalue weighted by Crippen LogP contribution is -2.67. The van der Waals surface area contributed by atoms with Crippen molar-refractivity contribution >= 4 is 17.7 Å². The smallest absolute Gasteiger partial charge is 0.253 e. The molecule has 61 heavy (non-hydrogen) atoms. The summed E-state index contributed by atoms with van der Waals surface area (Å²) in [6.45, 7) is 18.6. The van der Waals surface area contributed by atoms with Crippen molar-refractivity contribution < 1.29 is 19.5 Å². The first-order valence-corrected chi connectivity index (χ1v) is 23.6. The maximum Gasteiger partial charge on any atom is 0.253 e. The molecule has 1 heterocycles. The molecule has 3 N–H and O–H groups in total. The van der Waals surface area contributed by atoms with Gasteiger partial charge in [0.25, 0.3) is 11.8 Å². The molecule has 2 aromatic carbocycles. The summed E-state index contributed by atoms with van der Waals surface area (Å²) in [6, 6.07) is 20.9. The molecule has 0 spiro atoms. The number of aliphatic hydroxyl groups excluding tert-OH is 1. The van der Waals surface area contributed by atoms with E-state index >= 15 is 0 Å². The molecule has 8 nitrogen and oxygen atoms in total. The molecule has 330 valence electrons. The highest BCUT2D eigenvalue weighted by Gasteiger charge is 2.69. The first-order chi connectivity index (χ1) is 29.0. The van der Waals surface area contributed by atoms with Gasteiger partial charge in [-0.25, -0.2) is 0 Å². The fraction of sp³-hybridized carbons (Fsp3) is 0.623. The fourth-order valence-electron chi connectivity index (χ4n) is 14.1. The minimum atomic E-state index is -0.372. The van der Waals surface area contributed by atoms with Crippen LogP contribution in [-0.4, -0.2) is 59.0 Å². The quantitative estimate of drug-likeness (QED) is 0.159. The summed E-state index contributed by atoms with van der Waals surface area (Å²) in [6.07, 6.45) is 13.7. The third kappa shape index (κ3) is 8.20. The lowest BCUT2D eigenvalue weighted by atomic mass is 9.32. The van der Waals surface area contributed by atoms with Gasteiger partial charge in [-0.05, 0) is 157 Å². The van der Waals surface area contributed by atoms with Gasteiger partial charge in [-0.1, -0.05) is 85.2 Å². The van der Waals surface area contributed by atoms with Gasteiger partial charge in [-0.3, -0.25) is 19.4 Å². The predicted octanol–water partition coefficient (Wildman–Crippen LogP) is 9.84. The number of hydrogen-bond acceptors (Lipinski definition) is 5. The zero-order valence-corrected chi connectivity index (χ0v) is 38.5. The Morgan fingerprint density at radius 1 is 0.787 bits per heavy atom. The Morgan fingerprint density at radius 2 is 1.56 bits per heavy atom. The van der Waals surface area contributed by atoms with Gasteiger partial charge in [0.1, 0.15) is 0 Å². The van der Waals surface area contributed by atoms with Crippen molar-refractivity contribution in [2.24, 2.45) is 50.7 Å². The van der Waals surface area contributed by atoms with Gasteiger partial charge in [0.05, 0.1) is 11.5 Å². The van der Waals surface area contributed by atoms with Gasteiger partial charge in [0.2, 0.25) is 5.91 Å². The fourth-order valence-corrected chi connectivity index (χ4v) is 14.1. The molecule has 7 rings (SSSR count). The Kier molecular flexibility index (Phi) is 13.0. The van der Waals surface area contributed by atoms with Crippen LogP contribution < -0.4 is 10.6 Å². The highest BCUT2D eigenvalue weighted by Crippen LogP contribution is 2.75. The molecule has 0 radical (unpaired) electrons. The number of amides is 3. The molecule has 0 bridgehead atoms. The van der Waals surface area contributed by atoms with Crippen LogP contribution >= 0.6 is 0 Å². The van der Waals surface area contributed by atoms with E-state index in [0.717, 1.165) is 55.3 Å². The number of carbonyl (C=O) groups excluding carboxylic acids is 3. The topological polar surface area (TPSA) is 112 Å². The molecule has 1 aromatic heterocycles. The number of aromatic nitrogens is 1. The van der Waals surface area contributed by atoms with E-state index in [1.165, 1.54) is 25.7 Å². The third-order valence-corrected chi connectivity index (χ3v) is 17.9. The molecule has 4 aliphatic rings.